The van der Waals surface area contributed by atoms with E-state index in [1.165, 1.54) is 17.7 Å². The number of Topliss-reactive ketones (excluding diaryl/α,β-unsaturated/α-hetero) is 1. The molecule has 12 heteroatoms. The molecule has 11 nitrogen and oxygen atoms in total. The fourth-order valence-corrected chi connectivity index (χ4v) is 6.42. The number of amides is 2. The van der Waals surface area contributed by atoms with E-state index in [2.05, 4.69) is 64.3 Å². The van der Waals surface area contributed by atoms with Crippen LogP contribution in [0.1, 0.15) is 117 Å². The molecule has 0 aliphatic rings. The number of aromatic nitrogens is 2. The first-order valence-corrected chi connectivity index (χ1v) is 19.6. The van der Waals surface area contributed by atoms with E-state index in [-0.39, 0.29) is 39.5 Å². The van der Waals surface area contributed by atoms with E-state index in [1.807, 2.05) is 13.0 Å². The second kappa shape index (κ2) is 17.8. The summed E-state index contributed by atoms with van der Waals surface area (Å²) in [5.41, 5.74) is 0.636. The molecule has 3 N–H and O–H groups in total. The highest BCUT2D eigenvalue weighted by atomic mass is 35.5. The van der Waals surface area contributed by atoms with Gasteiger partial charge >= 0.3 is 5.69 Å². The van der Waals surface area contributed by atoms with Gasteiger partial charge in [0.15, 0.2) is 17.9 Å². The fourth-order valence-electron chi connectivity index (χ4n) is 6.26. The molecule has 1 heterocycles. The number of hydrogen-bond acceptors (Lipinski definition) is 7. The van der Waals surface area contributed by atoms with Gasteiger partial charge in [0.2, 0.25) is 5.88 Å². The van der Waals surface area contributed by atoms with Crippen LogP contribution < -0.4 is 21.1 Å². The molecule has 0 fully saturated rings. The fraction of sp³-hybridized carbons (Fsp3) is 0.422. The minimum atomic E-state index is -1.88. The Morgan fingerprint density at radius 2 is 1.53 bits per heavy atom. The molecular formula is C45H55ClN4O7. The topological polar surface area (TPSA) is 149 Å². The van der Waals surface area contributed by atoms with Crippen molar-refractivity contribution >= 4 is 52.6 Å². The van der Waals surface area contributed by atoms with Crippen LogP contribution in [0.5, 0.6) is 11.6 Å². The van der Waals surface area contributed by atoms with Gasteiger partial charge < -0.3 is 20.5 Å². The summed E-state index contributed by atoms with van der Waals surface area (Å²) in [7, 11) is 0. The number of halogens is 1. The Kier molecular flexibility index (Phi) is 13.9. The lowest BCUT2D eigenvalue weighted by atomic mass is 9.76. The van der Waals surface area contributed by atoms with E-state index in [0.717, 1.165) is 29.0 Å². The zero-order valence-corrected chi connectivity index (χ0v) is 35.3. The van der Waals surface area contributed by atoms with Gasteiger partial charge in [-0.15, -0.1) is 0 Å². The third kappa shape index (κ3) is 9.96. The SMILES string of the molecule is CCC(Oc1ccc(C(C)(C)CC)cc1C(C)(C)CC)C(=O)Nc1ccc(Cl)c(NC(=O)C(C(=O)C(C)(C)C)n2c(O)c(C=C=O)n(Cc3ccccc3)c2=O)c1. The quantitative estimate of drug-likeness (QED) is 0.0758. The number of anilines is 2. The van der Waals surface area contributed by atoms with Gasteiger partial charge in [-0.25, -0.2) is 14.2 Å². The van der Waals surface area contributed by atoms with Gasteiger partial charge in [-0.1, -0.05) is 123 Å². The van der Waals surface area contributed by atoms with Crippen molar-refractivity contribution in [2.24, 2.45) is 5.41 Å². The highest BCUT2D eigenvalue weighted by Crippen LogP contribution is 2.39. The van der Waals surface area contributed by atoms with Gasteiger partial charge in [0.1, 0.15) is 17.4 Å². The van der Waals surface area contributed by atoms with Crippen molar-refractivity contribution in [1.29, 1.82) is 0 Å². The molecule has 1 aromatic heterocycles. The first-order chi connectivity index (χ1) is 26.7. The highest BCUT2D eigenvalue weighted by molar-refractivity contribution is 6.34. The molecule has 2 unspecified atom stereocenters. The van der Waals surface area contributed by atoms with E-state index in [1.54, 1.807) is 63.1 Å². The average Bonchev–Trinajstić information content (AvgIpc) is 3.38. The van der Waals surface area contributed by atoms with Crippen molar-refractivity contribution in [3.63, 3.8) is 0 Å². The molecule has 4 rings (SSSR count). The molecule has 57 heavy (non-hydrogen) atoms. The van der Waals surface area contributed by atoms with Crippen LogP contribution in [0.2, 0.25) is 5.02 Å². The summed E-state index contributed by atoms with van der Waals surface area (Å²) in [5, 5.41) is 16.9. The minimum absolute atomic E-state index is 0.0329. The second-order valence-electron chi connectivity index (χ2n) is 16.6. The van der Waals surface area contributed by atoms with Crippen LogP contribution in [0, 0.1) is 5.41 Å². The van der Waals surface area contributed by atoms with Crippen molar-refractivity contribution in [3.05, 3.63) is 105 Å². The van der Waals surface area contributed by atoms with Gasteiger partial charge in [0, 0.05) is 16.7 Å². The van der Waals surface area contributed by atoms with E-state index < -0.39 is 46.7 Å². The van der Waals surface area contributed by atoms with Crippen LogP contribution in [0.3, 0.4) is 0 Å². The summed E-state index contributed by atoms with van der Waals surface area (Å²) in [6.45, 7) is 19.5. The number of carbonyl (C=O) groups excluding carboxylic acids is 4. The number of rotatable bonds is 16. The van der Waals surface area contributed by atoms with Gasteiger partial charge in [-0.2, -0.15) is 0 Å². The Bertz CT molecular complexity index is 2220. The third-order valence-corrected chi connectivity index (χ3v) is 11.1. The van der Waals surface area contributed by atoms with E-state index in [0.29, 0.717) is 22.3 Å². The Morgan fingerprint density at radius 1 is 0.877 bits per heavy atom. The summed E-state index contributed by atoms with van der Waals surface area (Å²) in [6, 6.07) is 17.6. The maximum atomic E-state index is 14.2. The molecule has 3 aromatic carbocycles. The highest BCUT2D eigenvalue weighted by Gasteiger charge is 2.40. The predicted octanol–water partition coefficient (Wildman–Crippen LogP) is 8.87. The third-order valence-electron chi connectivity index (χ3n) is 10.7. The Balaban J connectivity index is 1.67. The van der Waals surface area contributed by atoms with Crippen LogP contribution in [0.25, 0.3) is 6.08 Å². The molecule has 0 radical (unpaired) electrons. The minimum Gasteiger partial charge on any atom is -0.493 e. The Morgan fingerprint density at radius 3 is 2.11 bits per heavy atom. The first-order valence-electron chi connectivity index (χ1n) is 19.3. The largest absolute Gasteiger partial charge is 0.493 e. The standard InChI is InChI=1S/C45H55ClN4O7/c1-11-35(57-36-22-19-29(44(7,8)12-2)25-31(36)45(9,10)13-3)39(53)47-30-20-21-32(46)33(26-30)48-40(54)37(38(52)43(4,5)6)50-41(55)34(23-24-51)49(42(50)56)27-28-17-15-14-16-18-28/h14-23,25-26,35,37,55H,11-13,27H2,1-10H3,(H,47,53)(H,48,54). The number of ketones is 1. The zero-order chi connectivity index (χ0) is 42.5. The lowest BCUT2D eigenvalue weighted by Crippen LogP contribution is -2.43. The monoisotopic (exact) mass is 798 g/mol. The average molecular weight is 799 g/mol. The Labute approximate surface area is 340 Å². The lowest BCUT2D eigenvalue weighted by Gasteiger charge is -2.31. The molecule has 0 bridgehead atoms. The van der Waals surface area contributed by atoms with Crippen LogP contribution in [-0.4, -0.2) is 43.9 Å². The van der Waals surface area contributed by atoms with Gasteiger partial charge in [-0.05, 0) is 65.5 Å². The van der Waals surface area contributed by atoms with Crippen LogP contribution in [-0.2, 0) is 36.6 Å². The summed E-state index contributed by atoms with van der Waals surface area (Å²) in [5.74, 6) is -0.659. The number of carbonyl (C=O) groups is 3. The van der Waals surface area contributed by atoms with Gasteiger partial charge in [0.25, 0.3) is 11.8 Å². The normalized spacial score (nSPS) is 13.0. The van der Waals surface area contributed by atoms with Crippen LogP contribution >= 0.6 is 11.6 Å². The molecule has 0 saturated carbocycles. The van der Waals surface area contributed by atoms with E-state index in [4.69, 9.17) is 16.3 Å². The second-order valence-corrected chi connectivity index (χ2v) is 17.0. The molecule has 304 valence electrons. The maximum absolute atomic E-state index is 14.2. The van der Waals surface area contributed by atoms with Crippen molar-refractivity contribution in [2.45, 2.75) is 118 Å². The Hall–Kier alpha value is -5.38. The maximum Gasteiger partial charge on any atom is 0.333 e. The molecule has 2 atom stereocenters. The predicted molar refractivity (Wildman–Crippen MR) is 226 cm³/mol. The molecule has 0 aliphatic carbocycles. The summed E-state index contributed by atoms with van der Waals surface area (Å²) >= 11 is 6.54. The molecular weight excluding hydrogens is 744 g/mol. The lowest BCUT2D eigenvalue weighted by molar-refractivity contribution is -0.135. The molecule has 0 spiro atoms. The summed E-state index contributed by atoms with van der Waals surface area (Å²) in [6.07, 6.45) is 2.18. The van der Waals surface area contributed by atoms with Crippen molar-refractivity contribution < 1.29 is 29.0 Å². The number of aromatic hydroxyl groups is 1. The molecule has 2 amide bonds. The van der Waals surface area contributed by atoms with Crippen LogP contribution in [0.15, 0.2) is 71.5 Å². The molecule has 0 aliphatic heterocycles. The van der Waals surface area contributed by atoms with E-state index >= 15 is 0 Å². The molecule has 4 aromatic rings. The smallest absolute Gasteiger partial charge is 0.333 e. The van der Waals surface area contributed by atoms with Crippen molar-refractivity contribution in [1.82, 2.24) is 9.13 Å². The van der Waals surface area contributed by atoms with Gasteiger partial charge in [0.05, 0.1) is 23.3 Å². The zero-order valence-electron chi connectivity index (χ0n) is 34.6. The summed E-state index contributed by atoms with van der Waals surface area (Å²) in [4.78, 5) is 67.3. The van der Waals surface area contributed by atoms with Crippen molar-refractivity contribution in [3.8, 4) is 11.6 Å². The summed E-state index contributed by atoms with van der Waals surface area (Å²) < 4.78 is 8.19. The van der Waals surface area contributed by atoms with Crippen LogP contribution in [0.4, 0.5) is 11.4 Å². The molecule has 0 saturated heterocycles. The van der Waals surface area contributed by atoms with Crippen molar-refractivity contribution in [2.75, 3.05) is 10.6 Å². The number of nitrogens with zero attached hydrogens (tertiary/aromatic N) is 2. The number of benzene rings is 3. The number of nitrogens with one attached hydrogen (secondary N) is 2. The number of imidazole rings is 1. The number of hydrogen-bond donors (Lipinski definition) is 3. The van der Waals surface area contributed by atoms with E-state index in [9.17, 15) is 29.1 Å². The van der Waals surface area contributed by atoms with Gasteiger partial charge in [-0.3, -0.25) is 19.0 Å². The number of ether oxygens (including phenoxy) is 1. The first kappa shape index (κ1) is 44.3.